The Kier molecular flexibility index (Phi) is 5.05. The highest BCUT2D eigenvalue weighted by molar-refractivity contribution is 7.99. The number of aryl methyl sites for hydroxylation is 1. The summed E-state index contributed by atoms with van der Waals surface area (Å²) < 4.78 is 0. The minimum atomic E-state index is -1.16. The van der Waals surface area contributed by atoms with Crippen LogP contribution in [-0.2, 0) is 11.2 Å². The second-order valence-corrected chi connectivity index (χ2v) is 6.88. The number of hydrogen-bond acceptors (Lipinski definition) is 5. The summed E-state index contributed by atoms with van der Waals surface area (Å²) >= 11 is 1.43. The first-order valence-electron chi connectivity index (χ1n) is 7.22. The van der Waals surface area contributed by atoms with Crippen molar-refractivity contribution < 1.29 is 9.90 Å². The minimum Gasteiger partial charge on any atom is -0.480 e. The smallest absolute Gasteiger partial charge is 0.323 e. The Morgan fingerprint density at radius 3 is 3.10 bits per heavy atom. The van der Waals surface area contributed by atoms with Gasteiger partial charge in [0, 0.05) is 17.0 Å². The molecule has 1 aromatic heterocycles. The van der Waals surface area contributed by atoms with Crippen molar-refractivity contribution in [3.8, 4) is 0 Å². The number of hydrogen-bond donors (Lipinski definition) is 3. The molecule has 2 atom stereocenters. The first-order valence-corrected chi connectivity index (χ1v) is 8.10. The topological polar surface area (TPSA) is 109 Å². The Bertz CT molecular complexity index is 575. The second-order valence-electron chi connectivity index (χ2n) is 5.59. The molecule has 116 valence electrons. The zero-order valence-corrected chi connectivity index (χ0v) is 12.9. The summed E-state index contributed by atoms with van der Waals surface area (Å²) in [4.78, 5) is 30.0. The van der Waals surface area contributed by atoms with Crippen LogP contribution in [0.4, 0.5) is 0 Å². The number of aromatic nitrogens is 2. The first-order chi connectivity index (χ1) is 9.93. The largest absolute Gasteiger partial charge is 0.480 e. The minimum absolute atomic E-state index is 0.0693. The molecular formula is C14H21N3O3S. The van der Waals surface area contributed by atoms with E-state index in [0.717, 1.165) is 31.4 Å². The van der Waals surface area contributed by atoms with Crippen molar-refractivity contribution in [2.45, 2.75) is 61.4 Å². The lowest BCUT2D eigenvalue weighted by Crippen LogP contribution is -2.51. The molecule has 1 aromatic rings. The maximum Gasteiger partial charge on any atom is 0.323 e. The van der Waals surface area contributed by atoms with Gasteiger partial charge in [0.15, 0.2) is 5.16 Å². The highest BCUT2D eigenvalue weighted by Gasteiger charge is 2.39. The fourth-order valence-corrected chi connectivity index (χ4v) is 3.94. The molecule has 4 N–H and O–H groups in total. The molecule has 0 amide bonds. The molecule has 0 saturated heterocycles. The van der Waals surface area contributed by atoms with Crippen molar-refractivity contribution in [2.75, 3.05) is 0 Å². The molecule has 1 aliphatic rings. The lowest BCUT2D eigenvalue weighted by molar-refractivity contribution is -0.144. The predicted octanol–water partition coefficient (Wildman–Crippen LogP) is 1.54. The number of thioether (sulfide) groups is 1. The Morgan fingerprint density at radius 2 is 2.43 bits per heavy atom. The molecule has 1 heterocycles. The van der Waals surface area contributed by atoms with Crippen LogP contribution in [0.5, 0.6) is 0 Å². The summed E-state index contributed by atoms with van der Waals surface area (Å²) in [7, 11) is 0. The van der Waals surface area contributed by atoms with Gasteiger partial charge in [0.05, 0.1) is 0 Å². The van der Waals surface area contributed by atoms with E-state index in [1.54, 1.807) is 0 Å². The quantitative estimate of drug-likeness (QED) is 0.712. The average molecular weight is 311 g/mol. The molecule has 0 radical (unpaired) electrons. The molecule has 0 aromatic carbocycles. The van der Waals surface area contributed by atoms with E-state index < -0.39 is 11.5 Å². The summed E-state index contributed by atoms with van der Waals surface area (Å²) in [5.41, 5.74) is 5.40. The number of carboxylic acid groups (broad SMARTS) is 1. The van der Waals surface area contributed by atoms with Crippen LogP contribution < -0.4 is 11.3 Å². The number of H-pyrrole nitrogens is 1. The van der Waals surface area contributed by atoms with Crippen molar-refractivity contribution in [1.29, 1.82) is 0 Å². The van der Waals surface area contributed by atoms with Crippen LogP contribution in [0.2, 0.25) is 0 Å². The molecule has 6 nitrogen and oxygen atoms in total. The molecule has 1 fully saturated rings. The summed E-state index contributed by atoms with van der Waals surface area (Å²) in [5.74, 6) is -0.950. The number of carbonyl (C=O) groups is 1. The van der Waals surface area contributed by atoms with Gasteiger partial charge >= 0.3 is 5.97 Å². The van der Waals surface area contributed by atoms with E-state index in [1.807, 2.05) is 6.92 Å². The van der Waals surface area contributed by atoms with Crippen molar-refractivity contribution in [1.82, 2.24) is 9.97 Å². The zero-order valence-electron chi connectivity index (χ0n) is 12.1. The van der Waals surface area contributed by atoms with Crippen molar-refractivity contribution in [3.63, 3.8) is 0 Å². The third-order valence-corrected chi connectivity index (χ3v) is 4.88. The van der Waals surface area contributed by atoms with Gasteiger partial charge in [-0.05, 0) is 32.1 Å². The molecule has 0 bridgehead atoms. The van der Waals surface area contributed by atoms with Gasteiger partial charge in [0.25, 0.3) is 5.56 Å². The molecular weight excluding hydrogens is 290 g/mol. The zero-order chi connectivity index (χ0) is 15.5. The number of rotatable bonds is 5. The fourth-order valence-electron chi connectivity index (χ4n) is 2.63. The van der Waals surface area contributed by atoms with Crippen LogP contribution in [-0.4, -0.2) is 31.8 Å². The fraction of sp³-hybridized carbons (Fsp3) is 0.643. The van der Waals surface area contributed by atoms with Gasteiger partial charge in [-0.2, -0.15) is 0 Å². The summed E-state index contributed by atoms with van der Waals surface area (Å²) in [6.45, 7) is 2.03. The van der Waals surface area contributed by atoms with Gasteiger partial charge in [0.2, 0.25) is 0 Å². The highest BCUT2D eigenvalue weighted by Crippen LogP contribution is 2.36. The molecule has 0 aliphatic heterocycles. The van der Waals surface area contributed by atoms with Gasteiger partial charge < -0.3 is 15.8 Å². The lowest BCUT2D eigenvalue weighted by atomic mass is 9.82. The normalized spacial score (nSPS) is 25.7. The van der Waals surface area contributed by atoms with Gasteiger partial charge in [-0.3, -0.25) is 9.59 Å². The van der Waals surface area contributed by atoms with Crippen LogP contribution in [0.1, 0.15) is 44.7 Å². The van der Waals surface area contributed by atoms with Crippen LogP contribution in [0.15, 0.2) is 16.0 Å². The monoisotopic (exact) mass is 311 g/mol. The SMILES string of the molecule is CCCc1cc(=O)[nH]c(SC2CCCC(N)(C(=O)O)C2)n1. The Morgan fingerprint density at radius 1 is 1.67 bits per heavy atom. The van der Waals surface area contributed by atoms with E-state index in [0.29, 0.717) is 18.0 Å². The van der Waals surface area contributed by atoms with E-state index in [4.69, 9.17) is 5.73 Å². The van der Waals surface area contributed by atoms with E-state index >= 15 is 0 Å². The maximum atomic E-state index is 11.6. The summed E-state index contributed by atoms with van der Waals surface area (Å²) in [6.07, 6.45) is 4.25. The van der Waals surface area contributed by atoms with Crippen LogP contribution in [0, 0.1) is 0 Å². The third kappa shape index (κ3) is 4.07. The Hall–Kier alpha value is -1.34. The number of nitrogens with one attached hydrogen (secondary N) is 1. The van der Waals surface area contributed by atoms with E-state index in [1.165, 1.54) is 17.8 Å². The molecule has 1 aliphatic carbocycles. The van der Waals surface area contributed by atoms with Crippen LogP contribution in [0.25, 0.3) is 0 Å². The van der Waals surface area contributed by atoms with Gasteiger partial charge in [-0.1, -0.05) is 25.1 Å². The lowest BCUT2D eigenvalue weighted by Gasteiger charge is -2.33. The van der Waals surface area contributed by atoms with Crippen molar-refractivity contribution in [3.05, 3.63) is 22.1 Å². The molecule has 1 saturated carbocycles. The third-order valence-electron chi connectivity index (χ3n) is 3.72. The standard InChI is InChI=1S/C14H21N3O3S/c1-2-4-9-7-11(18)17-13(16-9)21-10-5-3-6-14(15,8-10)12(19)20/h7,10H,2-6,8,15H2,1H3,(H,19,20)(H,16,17,18). The van der Waals surface area contributed by atoms with Crippen LogP contribution >= 0.6 is 11.8 Å². The van der Waals surface area contributed by atoms with Crippen molar-refractivity contribution >= 4 is 17.7 Å². The number of carboxylic acids is 1. The van der Waals surface area contributed by atoms with Gasteiger partial charge in [-0.15, -0.1) is 0 Å². The molecule has 7 heteroatoms. The average Bonchev–Trinajstić information content (AvgIpc) is 2.38. The molecule has 2 rings (SSSR count). The van der Waals surface area contributed by atoms with Gasteiger partial charge in [-0.25, -0.2) is 4.98 Å². The van der Waals surface area contributed by atoms with Crippen molar-refractivity contribution in [2.24, 2.45) is 5.73 Å². The Labute approximate surface area is 127 Å². The van der Waals surface area contributed by atoms with E-state index in [-0.39, 0.29) is 10.8 Å². The Balaban J connectivity index is 2.11. The molecule has 0 spiro atoms. The van der Waals surface area contributed by atoms with Gasteiger partial charge in [0.1, 0.15) is 5.54 Å². The predicted molar refractivity (Wildman–Crippen MR) is 81.5 cm³/mol. The number of nitrogens with zero attached hydrogens (tertiary/aromatic N) is 1. The number of aromatic amines is 1. The number of nitrogens with two attached hydrogens (primary N) is 1. The first kappa shape index (κ1) is 16.0. The van der Waals surface area contributed by atoms with E-state index in [9.17, 15) is 14.7 Å². The van der Waals surface area contributed by atoms with Crippen LogP contribution in [0.3, 0.4) is 0 Å². The van der Waals surface area contributed by atoms with E-state index in [2.05, 4.69) is 9.97 Å². The number of aliphatic carboxylic acids is 1. The highest BCUT2D eigenvalue weighted by atomic mass is 32.2. The summed E-state index contributed by atoms with van der Waals surface area (Å²) in [5, 5.41) is 9.86. The second kappa shape index (κ2) is 6.62. The summed E-state index contributed by atoms with van der Waals surface area (Å²) in [6, 6.07) is 1.51. The maximum absolute atomic E-state index is 11.6. The molecule has 21 heavy (non-hydrogen) atoms. The molecule has 2 unspecified atom stereocenters.